The minimum absolute atomic E-state index is 0.659. The van der Waals surface area contributed by atoms with E-state index in [4.69, 9.17) is 9.97 Å². The van der Waals surface area contributed by atoms with Crippen LogP contribution >= 0.6 is 0 Å². The molecule has 0 fully saturated rings. The number of rotatable bonds is 3. The number of aromatic nitrogens is 4. The highest BCUT2D eigenvalue weighted by Crippen LogP contribution is 2.48. The van der Waals surface area contributed by atoms with Gasteiger partial charge in [-0.25, -0.2) is 9.97 Å². The molecule has 0 radical (unpaired) electrons. The molecule has 0 aliphatic heterocycles. The predicted octanol–water partition coefficient (Wildman–Crippen LogP) is 11.8. The zero-order valence-corrected chi connectivity index (χ0v) is 27.0. The van der Waals surface area contributed by atoms with E-state index in [9.17, 15) is 0 Å². The molecule has 0 unspecified atom stereocenters. The van der Waals surface area contributed by atoms with Gasteiger partial charge in [0.25, 0.3) is 0 Å². The highest BCUT2D eigenvalue weighted by atomic mass is 15.2. The van der Waals surface area contributed by atoms with Crippen LogP contribution in [0.1, 0.15) is 0 Å². The Kier molecular flexibility index (Phi) is 5.63. The van der Waals surface area contributed by atoms with Gasteiger partial charge in [0.2, 0.25) is 5.95 Å². The lowest BCUT2D eigenvalue weighted by atomic mass is 9.95. The Morgan fingerprint density at radius 1 is 0.360 bits per heavy atom. The second kappa shape index (κ2) is 10.4. The first-order valence-corrected chi connectivity index (χ1v) is 17.0. The second-order valence-electron chi connectivity index (χ2n) is 13.0. The highest BCUT2D eigenvalue weighted by molar-refractivity contribution is 6.39. The molecule has 0 saturated heterocycles. The van der Waals surface area contributed by atoms with Crippen molar-refractivity contribution < 1.29 is 0 Å². The van der Waals surface area contributed by atoms with Crippen LogP contribution in [0.2, 0.25) is 0 Å². The fourth-order valence-electron chi connectivity index (χ4n) is 8.23. The maximum absolute atomic E-state index is 5.44. The third kappa shape index (κ3) is 3.70. The molecule has 0 bridgehead atoms. The summed E-state index contributed by atoms with van der Waals surface area (Å²) < 4.78 is 4.78. The van der Waals surface area contributed by atoms with Crippen molar-refractivity contribution in [2.45, 2.75) is 0 Å². The lowest BCUT2D eigenvalue weighted by Crippen LogP contribution is -2.04. The molecule has 0 aliphatic carbocycles. The van der Waals surface area contributed by atoms with Crippen molar-refractivity contribution in [2.24, 2.45) is 0 Å². The standard InChI is InChI=1S/C46H28N4/c1-3-16-30(17-4-1)43-33-21-9-12-24-37(33)47-46(48-43)50-39-26-14-10-22-34(39)41-36-28-27-29-15-7-8-20-32(29)40(36)44-42(45(41)50)35-23-11-13-25-38(35)49(44)31-18-5-2-6-19-31/h1-28H. The Labute approximate surface area is 287 Å². The van der Waals surface area contributed by atoms with E-state index in [0.717, 1.165) is 44.4 Å². The van der Waals surface area contributed by atoms with Gasteiger partial charge in [0.1, 0.15) is 0 Å². The van der Waals surface area contributed by atoms with Gasteiger partial charge in [-0.2, -0.15) is 0 Å². The third-order valence-electron chi connectivity index (χ3n) is 10.3. The van der Waals surface area contributed by atoms with Crippen molar-refractivity contribution in [1.29, 1.82) is 0 Å². The highest BCUT2D eigenvalue weighted by Gasteiger charge is 2.26. The number of hydrogen-bond donors (Lipinski definition) is 0. The Hall–Kier alpha value is -6.78. The van der Waals surface area contributed by atoms with Crippen molar-refractivity contribution in [3.63, 3.8) is 0 Å². The number of benzene rings is 8. The van der Waals surface area contributed by atoms with E-state index in [1.807, 2.05) is 0 Å². The smallest absolute Gasteiger partial charge is 0.235 e. The molecule has 0 spiro atoms. The SMILES string of the molecule is c1ccc(-c2nc(-n3c4ccccc4c4c5ccc6ccccc6c5c5c(c6ccccc6n5-c5ccccc5)c43)nc3ccccc23)cc1. The maximum Gasteiger partial charge on any atom is 0.235 e. The first kappa shape index (κ1) is 27.2. The van der Waals surface area contributed by atoms with E-state index < -0.39 is 0 Å². The second-order valence-corrected chi connectivity index (χ2v) is 13.0. The lowest BCUT2D eigenvalue weighted by Gasteiger charge is -2.15. The van der Waals surface area contributed by atoms with Gasteiger partial charge in [-0.3, -0.25) is 4.57 Å². The fraction of sp³-hybridized carbons (Fsp3) is 0. The zero-order valence-electron chi connectivity index (χ0n) is 27.0. The predicted molar refractivity (Wildman–Crippen MR) is 209 cm³/mol. The van der Waals surface area contributed by atoms with E-state index in [0.29, 0.717) is 5.95 Å². The summed E-state index contributed by atoms with van der Waals surface area (Å²) in [6.07, 6.45) is 0. The van der Waals surface area contributed by atoms with Gasteiger partial charge in [-0.15, -0.1) is 0 Å². The maximum atomic E-state index is 5.44. The minimum Gasteiger partial charge on any atom is -0.309 e. The first-order valence-electron chi connectivity index (χ1n) is 17.0. The molecule has 11 aromatic rings. The van der Waals surface area contributed by atoms with E-state index >= 15 is 0 Å². The average molecular weight is 637 g/mol. The molecule has 3 heterocycles. The van der Waals surface area contributed by atoms with Crippen molar-refractivity contribution in [3.8, 4) is 22.9 Å². The molecule has 8 aromatic carbocycles. The molecule has 4 heteroatoms. The number of hydrogen-bond acceptors (Lipinski definition) is 2. The van der Waals surface area contributed by atoms with Crippen molar-refractivity contribution in [1.82, 2.24) is 19.1 Å². The van der Waals surface area contributed by atoms with Gasteiger partial charge < -0.3 is 4.57 Å². The van der Waals surface area contributed by atoms with Crippen LogP contribution in [0.4, 0.5) is 0 Å². The molecular formula is C46H28N4. The van der Waals surface area contributed by atoms with Gasteiger partial charge >= 0.3 is 0 Å². The van der Waals surface area contributed by atoms with Crippen LogP contribution in [0.15, 0.2) is 170 Å². The van der Waals surface area contributed by atoms with Crippen LogP contribution in [0.3, 0.4) is 0 Å². The lowest BCUT2D eigenvalue weighted by molar-refractivity contribution is 1.02. The van der Waals surface area contributed by atoms with Crippen LogP contribution in [0, 0.1) is 0 Å². The normalized spacial score (nSPS) is 12.0. The molecule has 0 aliphatic rings. The molecule has 3 aromatic heterocycles. The summed E-state index contributed by atoms with van der Waals surface area (Å²) in [7, 11) is 0. The molecule has 232 valence electrons. The Morgan fingerprint density at radius 3 is 1.70 bits per heavy atom. The summed E-state index contributed by atoms with van der Waals surface area (Å²) in [6, 6.07) is 60.5. The average Bonchev–Trinajstić information content (AvgIpc) is 3.72. The molecule has 11 rings (SSSR count). The van der Waals surface area contributed by atoms with Crippen molar-refractivity contribution >= 4 is 76.1 Å². The van der Waals surface area contributed by atoms with Gasteiger partial charge in [0, 0.05) is 43.6 Å². The van der Waals surface area contributed by atoms with Gasteiger partial charge in [0.15, 0.2) is 0 Å². The molecule has 4 nitrogen and oxygen atoms in total. The summed E-state index contributed by atoms with van der Waals surface area (Å²) in [5.74, 6) is 0.659. The first-order chi connectivity index (χ1) is 24.8. The third-order valence-corrected chi connectivity index (χ3v) is 10.3. The monoisotopic (exact) mass is 636 g/mol. The molecule has 0 amide bonds. The van der Waals surface area contributed by atoms with Crippen LogP contribution < -0.4 is 0 Å². The Morgan fingerprint density at radius 2 is 0.920 bits per heavy atom. The van der Waals surface area contributed by atoms with E-state index in [-0.39, 0.29) is 0 Å². The van der Waals surface area contributed by atoms with E-state index in [2.05, 4.69) is 179 Å². The van der Waals surface area contributed by atoms with E-state index in [1.54, 1.807) is 0 Å². The van der Waals surface area contributed by atoms with Crippen LogP contribution in [0.25, 0.3) is 99.0 Å². The van der Waals surface area contributed by atoms with Crippen LogP contribution in [-0.2, 0) is 0 Å². The number of nitrogens with zero attached hydrogens (tertiary/aromatic N) is 4. The van der Waals surface area contributed by atoms with Gasteiger partial charge in [0.05, 0.1) is 33.3 Å². The van der Waals surface area contributed by atoms with Crippen LogP contribution in [0.5, 0.6) is 0 Å². The molecule has 0 N–H and O–H groups in total. The fourth-order valence-corrected chi connectivity index (χ4v) is 8.23. The largest absolute Gasteiger partial charge is 0.309 e. The Bertz CT molecular complexity index is 3140. The quantitative estimate of drug-likeness (QED) is 0.181. The minimum atomic E-state index is 0.659. The summed E-state index contributed by atoms with van der Waals surface area (Å²) in [6.45, 7) is 0. The van der Waals surface area contributed by atoms with Crippen LogP contribution in [-0.4, -0.2) is 19.1 Å². The molecule has 50 heavy (non-hydrogen) atoms. The summed E-state index contributed by atoms with van der Waals surface area (Å²) in [5.41, 5.74) is 8.57. The van der Waals surface area contributed by atoms with E-state index in [1.165, 1.54) is 48.6 Å². The summed E-state index contributed by atoms with van der Waals surface area (Å²) in [5, 5.41) is 10.7. The summed E-state index contributed by atoms with van der Waals surface area (Å²) in [4.78, 5) is 10.8. The van der Waals surface area contributed by atoms with Crippen molar-refractivity contribution in [2.75, 3.05) is 0 Å². The van der Waals surface area contributed by atoms with Gasteiger partial charge in [-0.1, -0.05) is 140 Å². The topological polar surface area (TPSA) is 35.6 Å². The Balaban J connectivity index is 1.44. The molecular weight excluding hydrogens is 609 g/mol. The summed E-state index contributed by atoms with van der Waals surface area (Å²) >= 11 is 0. The van der Waals surface area contributed by atoms with Crippen molar-refractivity contribution in [3.05, 3.63) is 170 Å². The number of para-hydroxylation sites is 4. The number of fused-ring (bicyclic) bond motifs is 13. The van der Waals surface area contributed by atoms with Gasteiger partial charge in [-0.05, 0) is 46.5 Å². The molecule has 0 atom stereocenters. The zero-order chi connectivity index (χ0) is 32.8. The molecule has 0 saturated carbocycles.